The molecule has 1 aromatic rings. The lowest BCUT2D eigenvalue weighted by atomic mass is 9.96. The molecule has 2 aliphatic carbocycles. The first-order valence-corrected chi connectivity index (χ1v) is 9.82. The monoisotopic (exact) mass is 351 g/mol. The molecule has 132 valence electrons. The highest BCUT2D eigenvalue weighted by Crippen LogP contribution is 2.39. The molecule has 0 aromatic carbocycles. The van der Waals surface area contributed by atoms with E-state index in [-0.39, 0.29) is 23.7 Å². The van der Waals surface area contributed by atoms with E-state index in [1.165, 1.54) is 31.0 Å². The zero-order valence-electron chi connectivity index (χ0n) is 14.1. The Balaban J connectivity index is 1.44. The Morgan fingerprint density at radius 1 is 1.17 bits per heavy atom. The summed E-state index contributed by atoms with van der Waals surface area (Å²) in [4.78, 5) is 23.8. The van der Waals surface area contributed by atoms with E-state index < -0.39 is 0 Å². The van der Waals surface area contributed by atoms with Crippen LogP contribution >= 0.6 is 11.8 Å². The van der Waals surface area contributed by atoms with E-state index >= 15 is 0 Å². The Bertz CT molecular complexity index is 593. The standard InChI is InChI=1S/C16H25N5O2S/c1-2-21-14(11-8-9-11)19-20-16(21)24-10-13(22)18-15(23)17-12-6-4-3-5-7-12/h11-12H,2-10H2,1H3,(H2,17,18,22,23). The highest BCUT2D eigenvalue weighted by atomic mass is 32.2. The Morgan fingerprint density at radius 3 is 2.58 bits per heavy atom. The maximum atomic E-state index is 12.0. The fraction of sp³-hybridized carbons (Fsp3) is 0.750. The summed E-state index contributed by atoms with van der Waals surface area (Å²) in [6, 6.07) is -0.188. The number of hydrogen-bond donors (Lipinski definition) is 2. The number of amides is 3. The number of carbonyl (C=O) groups is 2. The Hall–Kier alpha value is -1.57. The molecule has 3 rings (SSSR count). The van der Waals surface area contributed by atoms with Gasteiger partial charge in [-0.1, -0.05) is 31.0 Å². The number of aromatic nitrogens is 3. The Labute approximate surface area is 146 Å². The van der Waals surface area contributed by atoms with Crippen molar-refractivity contribution in [3.8, 4) is 0 Å². The molecule has 8 heteroatoms. The molecule has 24 heavy (non-hydrogen) atoms. The molecule has 2 saturated carbocycles. The average molecular weight is 351 g/mol. The van der Waals surface area contributed by atoms with Crippen LogP contribution in [0.5, 0.6) is 0 Å². The van der Waals surface area contributed by atoms with Crippen molar-refractivity contribution in [2.45, 2.75) is 75.5 Å². The molecule has 0 atom stereocenters. The van der Waals surface area contributed by atoms with E-state index in [0.29, 0.717) is 5.92 Å². The molecule has 0 saturated heterocycles. The largest absolute Gasteiger partial charge is 0.335 e. The Kier molecular flexibility index (Phi) is 5.76. The molecule has 2 fully saturated rings. The van der Waals surface area contributed by atoms with Gasteiger partial charge in [0, 0.05) is 18.5 Å². The molecule has 0 aliphatic heterocycles. The van der Waals surface area contributed by atoms with Crippen molar-refractivity contribution >= 4 is 23.7 Å². The minimum Gasteiger partial charge on any atom is -0.335 e. The molecule has 0 unspecified atom stereocenters. The molecule has 7 nitrogen and oxygen atoms in total. The highest BCUT2D eigenvalue weighted by molar-refractivity contribution is 7.99. The molecule has 0 radical (unpaired) electrons. The van der Waals surface area contributed by atoms with Gasteiger partial charge in [0.05, 0.1) is 5.75 Å². The van der Waals surface area contributed by atoms with Crippen LogP contribution in [-0.2, 0) is 11.3 Å². The van der Waals surface area contributed by atoms with Crippen LogP contribution < -0.4 is 10.6 Å². The third-order valence-electron chi connectivity index (χ3n) is 4.53. The topological polar surface area (TPSA) is 88.9 Å². The van der Waals surface area contributed by atoms with Gasteiger partial charge >= 0.3 is 6.03 Å². The van der Waals surface area contributed by atoms with Gasteiger partial charge in [-0.15, -0.1) is 10.2 Å². The maximum absolute atomic E-state index is 12.0. The van der Waals surface area contributed by atoms with Gasteiger partial charge in [-0.3, -0.25) is 10.1 Å². The predicted octanol–water partition coefficient (Wildman–Crippen LogP) is 2.43. The average Bonchev–Trinajstić information content (AvgIpc) is 3.33. The van der Waals surface area contributed by atoms with Crippen molar-refractivity contribution < 1.29 is 9.59 Å². The van der Waals surface area contributed by atoms with Crippen molar-refractivity contribution in [2.75, 3.05) is 5.75 Å². The van der Waals surface area contributed by atoms with Crippen molar-refractivity contribution in [1.29, 1.82) is 0 Å². The third-order valence-corrected chi connectivity index (χ3v) is 5.50. The number of urea groups is 1. The third kappa shape index (κ3) is 4.49. The summed E-state index contributed by atoms with van der Waals surface area (Å²) in [6.07, 6.45) is 7.86. The van der Waals surface area contributed by atoms with Crippen LogP contribution in [0.4, 0.5) is 4.79 Å². The fourth-order valence-electron chi connectivity index (χ4n) is 3.11. The van der Waals surface area contributed by atoms with Gasteiger partial charge in [-0.2, -0.15) is 0 Å². The van der Waals surface area contributed by atoms with E-state index in [1.807, 2.05) is 0 Å². The van der Waals surface area contributed by atoms with Crippen LogP contribution in [-0.4, -0.2) is 38.5 Å². The van der Waals surface area contributed by atoms with Gasteiger partial charge in [0.25, 0.3) is 0 Å². The maximum Gasteiger partial charge on any atom is 0.321 e. The molecule has 0 bridgehead atoms. The number of imide groups is 1. The lowest BCUT2D eigenvalue weighted by Crippen LogP contribution is -2.45. The molecule has 1 heterocycles. The molecule has 1 aromatic heterocycles. The lowest BCUT2D eigenvalue weighted by molar-refractivity contribution is -0.117. The van der Waals surface area contributed by atoms with Gasteiger partial charge in [-0.25, -0.2) is 4.79 Å². The number of hydrogen-bond acceptors (Lipinski definition) is 5. The Morgan fingerprint density at radius 2 is 1.92 bits per heavy atom. The van der Waals surface area contributed by atoms with Crippen LogP contribution in [0, 0.1) is 0 Å². The van der Waals surface area contributed by atoms with Gasteiger partial charge in [0.15, 0.2) is 5.16 Å². The second-order valence-electron chi connectivity index (χ2n) is 6.50. The van der Waals surface area contributed by atoms with Crippen molar-refractivity contribution in [2.24, 2.45) is 0 Å². The van der Waals surface area contributed by atoms with Crippen LogP contribution in [0.3, 0.4) is 0 Å². The summed E-state index contributed by atoms with van der Waals surface area (Å²) in [7, 11) is 0. The zero-order chi connectivity index (χ0) is 16.9. The van der Waals surface area contributed by atoms with Gasteiger partial charge in [0.1, 0.15) is 5.82 Å². The second kappa shape index (κ2) is 8.00. The van der Waals surface area contributed by atoms with E-state index in [2.05, 4.69) is 32.3 Å². The van der Waals surface area contributed by atoms with E-state index in [9.17, 15) is 9.59 Å². The van der Waals surface area contributed by atoms with Crippen LogP contribution in [0.1, 0.15) is 63.6 Å². The van der Waals surface area contributed by atoms with Gasteiger partial charge in [0.2, 0.25) is 5.91 Å². The SMILES string of the molecule is CCn1c(SCC(=O)NC(=O)NC2CCCCC2)nnc1C1CC1. The zero-order valence-corrected chi connectivity index (χ0v) is 14.9. The minimum atomic E-state index is -0.386. The first-order valence-electron chi connectivity index (χ1n) is 8.83. The van der Waals surface area contributed by atoms with Crippen molar-refractivity contribution in [3.63, 3.8) is 0 Å². The molecular weight excluding hydrogens is 326 g/mol. The summed E-state index contributed by atoms with van der Waals surface area (Å²) < 4.78 is 2.07. The van der Waals surface area contributed by atoms with Crippen LogP contribution in [0.25, 0.3) is 0 Å². The van der Waals surface area contributed by atoms with Gasteiger partial charge in [-0.05, 0) is 32.6 Å². The highest BCUT2D eigenvalue weighted by Gasteiger charge is 2.30. The lowest BCUT2D eigenvalue weighted by Gasteiger charge is -2.22. The number of rotatable bonds is 6. The molecular formula is C16H25N5O2S. The summed E-state index contributed by atoms with van der Waals surface area (Å²) in [5.74, 6) is 1.42. The number of thioether (sulfide) groups is 1. The second-order valence-corrected chi connectivity index (χ2v) is 7.45. The van der Waals surface area contributed by atoms with E-state index in [1.54, 1.807) is 0 Å². The number of nitrogens with one attached hydrogen (secondary N) is 2. The molecule has 0 spiro atoms. The van der Waals surface area contributed by atoms with E-state index in [4.69, 9.17) is 0 Å². The summed E-state index contributed by atoms with van der Waals surface area (Å²) in [6.45, 7) is 2.85. The van der Waals surface area contributed by atoms with E-state index in [0.717, 1.165) is 43.2 Å². The van der Waals surface area contributed by atoms with Crippen molar-refractivity contribution in [3.05, 3.63) is 5.82 Å². The normalized spacial score (nSPS) is 18.4. The van der Waals surface area contributed by atoms with Crippen molar-refractivity contribution in [1.82, 2.24) is 25.4 Å². The fourth-order valence-corrected chi connectivity index (χ4v) is 3.92. The van der Waals surface area contributed by atoms with Crippen LogP contribution in [0.2, 0.25) is 0 Å². The first-order chi connectivity index (χ1) is 11.7. The molecule has 2 N–H and O–H groups in total. The quantitative estimate of drug-likeness (QED) is 0.769. The van der Waals surface area contributed by atoms with Gasteiger partial charge < -0.3 is 9.88 Å². The summed E-state index contributed by atoms with van der Waals surface area (Å²) in [5.41, 5.74) is 0. The molecule has 3 amide bonds. The number of carbonyl (C=O) groups excluding carboxylic acids is 2. The minimum absolute atomic E-state index is 0.168. The summed E-state index contributed by atoms with van der Waals surface area (Å²) >= 11 is 1.33. The predicted molar refractivity (Wildman–Crippen MR) is 91.9 cm³/mol. The first kappa shape index (κ1) is 17.3. The number of nitrogens with zero attached hydrogens (tertiary/aromatic N) is 3. The molecule has 2 aliphatic rings. The van der Waals surface area contributed by atoms with Crippen LogP contribution in [0.15, 0.2) is 5.16 Å². The smallest absolute Gasteiger partial charge is 0.321 e. The summed E-state index contributed by atoms with van der Waals surface area (Å²) in [5, 5.41) is 14.5.